The minimum absolute atomic E-state index is 0.280. The monoisotopic (exact) mass is 309 g/mol. The predicted molar refractivity (Wildman–Crippen MR) is 63.1 cm³/mol. The lowest BCUT2D eigenvalue weighted by Gasteiger charge is -2.31. The maximum atomic E-state index is 13.2. The SMILES string of the molecule is CC12CCC(C(OC(=O)C(F)(F)SO[O-])C1=O)C2(C)C. The first-order valence-electron chi connectivity index (χ1n) is 6.19. The van der Waals surface area contributed by atoms with Crippen LogP contribution in [0.15, 0.2) is 0 Å². The summed E-state index contributed by atoms with van der Waals surface area (Å²) in [5.41, 5.74) is -1.08. The van der Waals surface area contributed by atoms with Crippen molar-refractivity contribution in [3.8, 4) is 0 Å². The molecular formula is C12H15F2O5S-. The molecule has 0 spiro atoms. The molecule has 2 rings (SSSR count). The van der Waals surface area contributed by atoms with Crippen molar-refractivity contribution in [3.05, 3.63) is 0 Å². The van der Waals surface area contributed by atoms with Gasteiger partial charge in [-0.2, -0.15) is 8.78 Å². The van der Waals surface area contributed by atoms with Crippen molar-refractivity contribution < 1.29 is 32.7 Å². The van der Waals surface area contributed by atoms with E-state index in [1.54, 1.807) is 6.92 Å². The summed E-state index contributed by atoms with van der Waals surface area (Å²) in [7, 11) is 0. The standard InChI is InChI=1S/C12H16F2O5S/c1-10(2)6-4-5-11(10,3)8(15)7(6)18-9(16)12(13,14)20-19-17/h6-7,17H,4-5H2,1-3H3/p-1. The van der Waals surface area contributed by atoms with Gasteiger partial charge in [-0.1, -0.05) is 20.8 Å². The molecule has 2 saturated carbocycles. The van der Waals surface area contributed by atoms with E-state index in [-0.39, 0.29) is 11.7 Å². The van der Waals surface area contributed by atoms with E-state index < -0.39 is 40.2 Å². The number of hydrogen-bond donors (Lipinski definition) is 0. The largest absolute Gasteiger partial charge is 0.710 e. The number of alkyl halides is 2. The molecule has 20 heavy (non-hydrogen) atoms. The molecule has 8 heteroatoms. The van der Waals surface area contributed by atoms with E-state index in [4.69, 9.17) is 4.74 Å². The molecule has 0 heterocycles. The molecule has 114 valence electrons. The van der Waals surface area contributed by atoms with E-state index in [0.29, 0.717) is 12.8 Å². The summed E-state index contributed by atoms with van der Waals surface area (Å²) in [4.78, 5) is 23.7. The first-order chi connectivity index (χ1) is 9.08. The highest BCUT2D eigenvalue weighted by molar-refractivity contribution is 7.96. The second-order valence-electron chi connectivity index (χ2n) is 6.06. The number of ether oxygens (including phenoxy) is 1. The molecule has 0 aromatic rings. The second kappa shape index (κ2) is 4.64. The Morgan fingerprint density at radius 1 is 1.45 bits per heavy atom. The predicted octanol–water partition coefficient (Wildman–Crippen LogP) is 1.46. The molecule has 0 radical (unpaired) electrons. The van der Waals surface area contributed by atoms with Crippen molar-refractivity contribution in [1.82, 2.24) is 0 Å². The lowest BCUT2D eigenvalue weighted by molar-refractivity contribution is -0.630. The van der Waals surface area contributed by atoms with Gasteiger partial charge in [0.2, 0.25) is 0 Å². The Morgan fingerprint density at radius 3 is 2.50 bits per heavy atom. The third-order valence-electron chi connectivity index (χ3n) is 5.08. The number of hydrogen-bond acceptors (Lipinski definition) is 6. The van der Waals surface area contributed by atoms with Crippen LogP contribution in [0, 0.1) is 16.7 Å². The zero-order valence-electron chi connectivity index (χ0n) is 11.3. The number of fused-ring (bicyclic) bond motifs is 2. The van der Waals surface area contributed by atoms with Gasteiger partial charge in [-0.25, -0.2) is 4.79 Å². The molecule has 2 bridgehead atoms. The van der Waals surface area contributed by atoms with Crippen LogP contribution in [0.25, 0.3) is 0 Å². The minimum Gasteiger partial charge on any atom is -0.710 e. The maximum Gasteiger partial charge on any atom is 0.412 e. The van der Waals surface area contributed by atoms with Crippen LogP contribution in [-0.4, -0.2) is 23.1 Å². The van der Waals surface area contributed by atoms with Crippen LogP contribution in [0.3, 0.4) is 0 Å². The molecule has 2 aliphatic carbocycles. The average Bonchev–Trinajstić information content (AvgIpc) is 2.63. The van der Waals surface area contributed by atoms with Gasteiger partial charge in [-0.15, -0.1) is 0 Å². The fourth-order valence-electron chi connectivity index (χ4n) is 3.40. The summed E-state index contributed by atoms with van der Waals surface area (Å²) in [6.07, 6.45) is 0.130. The van der Waals surface area contributed by atoms with Gasteiger partial charge in [-0.3, -0.25) is 4.79 Å². The van der Waals surface area contributed by atoms with E-state index in [1.807, 2.05) is 13.8 Å². The Hall–Kier alpha value is -0.730. The van der Waals surface area contributed by atoms with E-state index >= 15 is 0 Å². The molecular weight excluding hydrogens is 294 g/mol. The van der Waals surface area contributed by atoms with E-state index in [2.05, 4.69) is 4.33 Å². The van der Waals surface area contributed by atoms with Crippen molar-refractivity contribution in [2.75, 3.05) is 0 Å². The topological polar surface area (TPSA) is 75.7 Å². The third-order valence-corrected chi connectivity index (χ3v) is 5.53. The van der Waals surface area contributed by atoms with Gasteiger partial charge in [0, 0.05) is 11.3 Å². The molecule has 0 aromatic heterocycles. The number of carbonyl (C=O) groups is 2. The van der Waals surface area contributed by atoms with Gasteiger partial charge in [0.15, 0.2) is 11.9 Å². The number of carbonyl (C=O) groups excluding carboxylic acids is 2. The van der Waals surface area contributed by atoms with Crippen LogP contribution >= 0.6 is 12.0 Å². The molecule has 3 unspecified atom stereocenters. The van der Waals surface area contributed by atoms with Crippen molar-refractivity contribution in [2.45, 2.75) is 45.0 Å². The normalized spacial score (nSPS) is 35.4. The van der Waals surface area contributed by atoms with Gasteiger partial charge >= 0.3 is 11.2 Å². The summed E-state index contributed by atoms with van der Waals surface area (Å²) in [5.74, 6) is -2.52. The van der Waals surface area contributed by atoms with Gasteiger partial charge < -0.3 is 14.3 Å². The Kier molecular flexibility index (Phi) is 3.63. The highest BCUT2D eigenvalue weighted by Crippen LogP contribution is 2.64. The van der Waals surface area contributed by atoms with E-state index in [9.17, 15) is 23.6 Å². The van der Waals surface area contributed by atoms with Crippen LogP contribution in [0.2, 0.25) is 0 Å². The van der Waals surface area contributed by atoms with E-state index in [1.165, 1.54) is 0 Å². The first kappa shape index (κ1) is 15.7. The number of halogens is 2. The van der Waals surface area contributed by atoms with Crippen LogP contribution in [0.4, 0.5) is 8.78 Å². The summed E-state index contributed by atoms with van der Waals surface area (Å²) in [5, 5.41) is 5.63. The van der Waals surface area contributed by atoms with Crippen LogP contribution in [-0.2, 0) is 18.7 Å². The molecule has 0 N–H and O–H groups in total. The van der Waals surface area contributed by atoms with Crippen LogP contribution < -0.4 is 5.26 Å². The minimum atomic E-state index is -4.12. The fourth-order valence-corrected chi connectivity index (χ4v) is 3.60. The highest BCUT2D eigenvalue weighted by atomic mass is 32.2. The molecule has 0 amide bonds. The maximum absolute atomic E-state index is 13.2. The summed E-state index contributed by atoms with van der Waals surface area (Å²) >= 11 is -0.829. The Morgan fingerprint density at radius 2 is 2.05 bits per heavy atom. The zero-order valence-corrected chi connectivity index (χ0v) is 12.1. The van der Waals surface area contributed by atoms with Gasteiger partial charge in [-0.05, 0) is 18.3 Å². The summed E-state index contributed by atoms with van der Waals surface area (Å²) < 4.78 is 34.0. The summed E-state index contributed by atoms with van der Waals surface area (Å²) in [6.45, 7) is 5.53. The Bertz CT molecular complexity index is 453. The molecule has 2 aliphatic rings. The molecule has 0 aliphatic heterocycles. The molecule has 5 nitrogen and oxygen atoms in total. The van der Waals surface area contributed by atoms with Crippen molar-refractivity contribution in [1.29, 1.82) is 0 Å². The quantitative estimate of drug-likeness (QED) is 0.339. The number of esters is 1. The van der Waals surface area contributed by atoms with Crippen molar-refractivity contribution >= 4 is 23.8 Å². The summed E-state index contributed by atoms with van der Waals surface area (Å²) in [6, 6.07) is 0. The fraction of sp³-hybridized carbons (Fsp3) is 0.833. The van der Waals surface area contributed by atoms with Crippen molar-refractivity contribution in [3.63, 3.8) is 0 Å². The second-order valence-corrected chi connectivity index (χ2v) is 6.87. The third kappa shape index (κ3) is 1.96. The van der Waals surface area contributed by atoms with E-state index in [0.717, 1.165) is 0 Å². The van der Waals surface area contributed by atoms with Crippen LogP contribution in [0.5, 0.6) is 0 Å². The Balaban J connectivity index is 2.17. The molecule has 0 aromatic carbocycles. The molecule has 2 fully saturated rings. The average molecular weight is 309 g/mol. The first-order valence-corrected chi connectivity index (χ1v) is 6.93. The molecule has 0 saturated heterocycles. The van der Waals surface area contributed by atoms with Gasteiger partial charge in [0.25, 0.3) is 0 Å². The Labute approximate surface area is 119 Å². The molecule has 3 atom stereocenters. The highest BCUT2D eigenvalue weighted by Gasteiger charge is 2.68. The lowest BCUT2D eigenvalue weighted by atomic mass is 9.70. The smallest absolute Gasteiger partial charge is 0.412 e. The number of ketones is 1. The van der Waals surface area contributed by atoms with Crippen molar-refractivity contribution in [2.24, 2.45) is 16.7 Å². The zero-order chi connectivity index (χ0) is 15.3. The van der Waals surface area contributed by atoms with Gasteiger partial charge in [0.1, 0.15) is 0 Å². The van der Waals surface area contributed by atoms with Gasteiger partial charge in [0.05, 0.1) is 12.0 Å². The number of Topliss-reactive ketones (excluding diaryl/α,β-unsaturated/α-hetero) is 1. The van der Waals surface area contributed by atoms with Crippen LogP contribution in [0.1, 0.15) is 33.6 Å². The lowest BCUT2D eigenvalue weighted by Crippen LogP contribution is -2.40. The number of rotatable bonds is 4.